The Morgan fingerprint density at radius 2 is 1.85 bits per heavy atom. The van der Waals surface area contributed by atoms with Gasteiger partial charge in [-0.3, -0.25) is 0 Å². The number of anilines is 1. The van der Waals surface area contributed by atoms with Gasteiger partial charge in [-0.25, -0.2) is 15.0 Å². The molecule has 2 aromatic heterocycles. The quantitative estimate of drug-likeness (QED) is 0.620. The molecule has 0 spiro atoms. The van der Waals surface area contributed by atoms with Crippen LogP contribution in [0.25, 0.3) is 11.3 Å². The summed E-state index contributed by atoms with van der Waals surface area (Å²) >= 11 is 0. The van der Waals surface area contributed by atoms with Crippen LogP contribution in [0.4, 0.5) is 14.6 Å². The first kappa shape index (κ1) is 22.4. The van der Waals surface area contributed by atoms with Gasteiger partial charge in [0.1, 0.15) is 5.82 Å². The molecule has 0 aromatic carbocycles. The van der Waals surface area contributed by atoms with Crippen molar-refractivity contribution in [3.05, 3.63) is 29.8 Å². The van der Waals surface area contributed by atoms with Gasteiger partial charge in [-0.15, -0.1) is 0 Å². The fourth-order valence-electron chi connectivity index (χ4n) is 5.54. The summed E-state index contributed by atoms with van der Waals surface area (Å²) in [6, 6.07) is 3.49. The van der Waals surface area contributed by atoms with Crippen LogP contribution in [0.1, 0.15) is 61.9 Å². The number of halogens is 2. The summed E-state index contributed by atoms with van der Waals surface area (Å²) < 4.78 is 30.1. The Morgan fingerprint density at radius 3 is 2.52 bits per heavy atom. The van der Waals surface area contributed by atoms with Gasteiger partial charge in [0.25, 0.3) is 0 Å². The Balaban J connectivity index is 1.41. The maximum atomic E-state index is 12.8. The molecule has 7 nitrogen and oxygen atoms in total. The zero-order chi connectivity index (χ0) is 22.9. The highest BCUT2D eigenvalue weighted by Gasteiger charge is 2.37. The average Bonchev–Trinajstić information content (AvgIpc) is 3.63. The van der Waals surface area contributed by atoms with Crippen molar-refractivity contribution in [1.29, 1.82) is 0 Å². The van der Waals surface area contributed by atoms with E-state index >= 15 is 0 Å². The molecule has 1 saturated heterocycles. The first-order valence-electron chi connectivity index (χ1n) is 11.9. The molecular formula is C24H31F2N5O2. The number of hydrogen-bond donors (Lipinski definition) is 2. The van der Waals surface area contributed by atoms with Crippen LogP contribution in [0, 0.1) is 11.8 Å². The van der Waals surface area contributed by atoms with E-state index in [1.807, 2.05) is 6.07 Å². The molecule has 3 N–H and O–H groups in total. The van der Waals surface area contributed by atoms with E-state index in [-0.39, 0.29) is 18.2 Å². The van der Waals surface area contributed by atoms with Crippen molar-refractivity contribution in [3.63, 3.8) is 0 Å². The molecule has 33 heavy (non-hydrogen) atoms. The van der Waals surface area contributed by atoms with Crippen LogP contribution in [0.15, 0.2) is 18.3 Å². The Kier molecular flexibility index (Phi) is 6.42. The molecule has 2 aromatic rings. The SMILES string of the molecule is Nc1ncc(-c2cc(C3CC4CC(C3)CN(CCCO)C4)nc(C3CC3)n2)cc1OC(F)F. The molecule has 2 saturated carbocycles. The molecule has 178 valence electrons. The number of aromatic nitrogens is 3. The molecule has 2 atom stereocenters. The van der Waals surface area contributed by atoms with E-state index in [0.717, 1.165) is 63.3 Å². The summed E-state index contributed by atoms with van der Waals surface area (Å²) in [5, 5.41) is 9.16. The summed E-state index contributed by atoms with van der Waals surface area (Å²) in [7, 11) is 0. The highest BCUT2D eigenvalue weighted by Crippen LogP contribution is 2.44. The minimum atomic E-state index is -2.97. The van der Waals surface area contributed by atoms with E-state index in [1.54, 1.807) is 6.20 Å². The highest BCUT2D eigenvalue weighted by molar-refractivity contribution is 5.64. The van der Waals surface area contributed by atoms with E-state index in [0.29, 0.717) is 34.9 Å². The van der Waals surface area contributed by atoms with Crippen molar-refractivity contribution >= 4 is 5.82 Å². The van der Waals surface area contributed by atoms with E-state index in [2.05, 4.69) is 14.6 Å². The Bertz CT molecular complexity index is 973. The molecule has 9 heteroatoms. The van der Waals surface area contributed by atoms with Gasteiger partial charge in [0, 0.05) is 55.5 Å². The highest BCUT2D eigenvalue weighted by atomic mass is 19.3. The van der Waals surface area contributed by atoms with Crippen molar-refractivity contribution in [2.24, 2.45) is 11.8 Å². The maximum Gasteiger partial charge on any atom is 0.387 e. The maximum absolute atomic E-state index is 12.8. The third-order valence-corrected chi connectivity index (χ3v) is 7.09. The fourth-order valence-corrected chi connectivity index (χ4v) is 5.54. The topological polar surface area (TPSA) is 97.4 Å². The van der Waals surface area contributed by atoms with Gasteiger partial charge in [-0.1, -0.05) is 0 Å². The number of hydrogen-bond acceptors (Lipinski definition) is 7. The summed E-state index contributed by atoms with van der Waals surface area (Å²) in [5.74, 6) is 2.65. The second-order valence-electron chi connectivity index (χ2n) is 9.77. The zero-order valence-electron chi connectivity index (χ0n) is 18.7. The summed E-state index contributed by atoms with van der Waals surface area (Å²) in [5.41, 5.74) is 8.07. The summed E-state index contributed by atoms with van der Waals surface area (Å²) in [6.07, 6.45) is 7.99. The lowest BCUT2D eigenvalue weighted by molar-refractivity contribution is -0.0494. The number of fused-ring (bicyclic) bond motifs is 2. The lowest BCUT2D eigenvalue weighted by atomic mass is 9.71. The fraction of sp³-hybridized carbons (Fsp3) is 0.625. The zero-order valence-corrected chi connectivity index (χ0v) is 18.7. The molecular weight excluding hydrogens is 428 g/mol. The third-order valence-electron chi connectivity index (χ3n) is 7.09. The smallest absolute Gasteiger partial charge is 0.387 e. The molecule has 2 aliphatic carbocycles. The number of nitrogen functional groups attached to an aromatic ring is 1. The van der Waals surface area contributed by atoms with Crippen LogP contribution >= 0.6 is 0 Å². The Morgan fingerprint density at radius 1 is 1.09 bits per heavy atom. The van der Waals surface area contributed by atoms with Gasteiger partial charge in [-0.2, -0.15) is 8.78 Å². The standard InChI is InChI=1S/C24H31F2N5O2/c25-24(26)33-21-9-18(11-28-22(21)27)20-10-19(29-23(30-20)16-2-3-16)17-7-14-6-15(8-17)13-31(12-14)4-1-5-32/h9-11,14-17,24,32H,1-8,12-13H2,(H2,27,28). The number of pyridine rings is 1. The molecule has 0 amide bonds. The van der Waals surface area contributed by atoms with E-state index in [9.17, 15) is 8.78 Å². The third kappa shape index (κ3) is 5.24. The van der Waals surface area contributed by atoms with Crippen molar-refractivity contribution in [2.45, 2.75) is 57.0 Å². The second kappa shape index (κ2) is 9.46. The number of nitrogens with two attached hydrogens (primary N) is 1. The largest absolute Gasteiger partial charge is 0.431 e. The molecule has 1 aliphatic heterocycles. The van der Waals surface area contributed by atoms with Crippen LogP contribution in [-0.4, -0.2) is 57.8 Å². The summed E-state index contributed by atoms with van der Waals surface area (Å²) in [6.45, 7) is 0.399. The van der Waals surface area contributed by atoms with Crippen LogP contribution in [0.3, 0.4) is 0 Å². The number of aliphatic hydroxyl groups excluding tert-OH is 1. The van der Waals surface area contributed by atoms with Crippen molar-refractivity contribution in [1.82, 2.24) is 19.9 Å². The minimum absolute atomic E-state index is 0.0680. The first-order valence-corrected chi connectivity index (χ1v) is 11.9. The second-order valence-corrected chi connectivity index (χ2v) is 9.77. The van der Waals surface area contributed by atoms with Crippen LogP contribution in [0.5, 0.6) is 5.75 Å². The monoisotopic (exact) mass is 459 g/mol. The lowest BCUT2D eigenvalue weighted by Crippen LogP contribution is -2.44. The van der Waals surface area contributed by atoms with Gasteiger partial charge in [0.2, 0.25) is 0 Å². The number of alkyl halides is 2. The number of likely N-dealkylation sites (tertiary alicyclic amines) is 1. The average molecular weight is 460 g/mol. The van der Waals surface area contributed by atoms with Gasteiger partial charge in [0.05, 0.1) is 5.69 Å². The van der Waals surface area contributed by atoms with Gasteiger partial charge in [-0.05, 0) is 62.5 Å². The lowest BCUT2D eigenvalue weighted by Gasteiger charge is -2.44. The number of ether oxygens (including phenoxy) is 1. The molecule has 0 radical (unpaired) electrons. The van der Waals surface area contributed by atoms with E-state index in [1.165, 1.54) is 12.5 Å². The van der Waals surface area contributed by atoms with Crippen LogP contribution in [-0.2, 0) is 0 Å². The van der Waals surface area contributed by atoms with Crippen LogP contribution in [0.2, 0.25) is 0 Å². The number of nitrogens with zero attached hydrogens (tertiary/aromatic N) is 4. The van der Waals surface area contributed by atoms with Gasteiger partial charge >= 0.3 is 6.61 Å². The molecule has 3 aliphatic rings. The summed E-state index contributed by atoms with van der Waals surface area (Å²) in [4.78, 5) is 16.3. The first-order chi connectivity index (χ1) is 16.0. The predicted octanol–water partition coefficient (Wildman–Crippen LogP) is 3.80. The number of piperidine rings is 1. The predicted molar refractivity (Wildman–Crippen MR) is 120 cm³/mol. The molecule has 3 heterocycles. The van der Waals surface area contributed by atoms with E-state index < -0.39 is 6.61 Å². The van der Waals surface area contributed by atoms with Gasteiger partial charge < -0.3 is 20.5 Å². The van der Waals surface area contributed by atoms with Crippen molar-refractivity contribution < 1.29 is 18.6 Å². The molecule has 3 fully saturated rings. The normalized spacial score (nSPS) is 25.4. The molecule has 5 rings (SSSR count). The minimum Gasteiger partial charge on any atom is -0.431 e. The molecule has 2 unspecified atom stereocenters. The van der Waals surface area contributed by atoms with E-state index in [4.69, 9.17) is 20.8 Å². The van der Waals surface area contributed by atoms with Gasteiger partial charge in [0.15, 0.2) is 11.6 Å². The Labute approximate surface area is 192 Å². The Hall–Kier alpha value is -2.39. The van der Waals surface area contributed by atoms with Crippen molar-refractivity contribution in [3.8, 4) is 17.0 Å². The van der Waals surface area contributed by atoms with Crippen molar-refractivity contribution in [2.75, 3.05) is 32.0 Å². The number of aliphatic hydroxyl groups is 1. The number of rotatable bonds is 8. The molecule has 2 bridgehead atoms. The van der Waals surface area contributed by atoms with Crippen LogP contribution < -0.4 is 10.5 Å².